The molecular weight excluding hydrogens is 326 g/mol. The molecule has 8 heteroatoms. The van der Waals surface area contributed by atoms with Crippen LogP contribution in [0.4, 0.5) is 0 Å². The van der Waals surface area contributed by atoms with Crippen LogP contribution in [0.25, 0.3) is 0 Å². The third kappa shape index (κ3) is 5.74. The van der Waals surface area contributed by atoms with Gasteiger partial charge in [-0.2, -0.15) is 0 Å². The molecule has 1 unspecified atom stereocenters. The number of amides is 2. The van der Waals surface area contributed by atoms with Crippen molar-refractivity contribution in [1.82, 2.24) is 9.88 Å². The van der Waals surface area contributed by atoms with Gasteiger partial charge in [0.2, 0.25) is 5.91 Å². The third-order valence-electron chi connectivity index (χ3n) is 3.87. The fourth-order valence-corrected chi connectivity index (χ4v) is 2.67. The second-order valence-electron chi connectivity index (χ2n) is 5.77. The summed E-state index contributed by atoms with van der Waals surface area (Å²) in [7, 11) is 0. The zero-order chi connectivity index (χ0) is 18.2. The number of pyridine rings is 1. The molecule has 1 atom stereocenters. The summed E-state index contributed by atoms with van der Waals surface area (Å²) in [5.41, 5.74) is 5.34. The normalized spacial score (nSPS) is 17.0. The lowest BCUT2D eigenvalue weighted by Crippen LogP contribution is -2.44. The molecule has 1 aromatic heterocycles. The fraction of sp³-hybridized carbons (Fsp3) is 0.529. The van der Waals surface area contributed by atoms with E-state index in [4.69, 9.17) is 15.2 Å². The Morgan fingerprint density at radius 1 is 1.36 bits per heavy atom. The van der Waals surface area contributed by atoms with Crippen LogP contribution in [-0.2, 0) is 14.3 Å². The summed E-state index contributed by atoms with van der Waals surface area (Å²) in [6.07, 6.45) is 3.11. The lowest BCUT2D eigenvalue weighted by atomic mass is 10.1. The summed E-state index contributed by atoms with van der Waals surface area (Å²) in [4.78, 5) is 40.3. The third-order valence-corrected chi connectivity index (χ3v) is 3.87. The summed E-state index contributed by atoms with van der Waals surface area (Å²) in [5, 5.41) is 0. The maximum Gasteiger partial charge on any atom is 0.306 e. The summed E-state index contributed by atoms with van der Waals surface area (Å²) < 4.78 is 10.7. The SMILES string of the molecule is CCOC(=O)CCC(=O)N1CCCC(Oc2ccnc(C(N)=O)c2)C1. The molecule has 2 amide bonds. The number of likely N-dealkylation sites (tertiary alicyclic amines) is 1. The number of ether oxygens (including phenoxy) is 2. The van der Waals surface area contributed by atoms with Crippen molar-refractivity contribution in [1.29, 1.82) is 0 Å². The monoisotopic (exact) mass is 349 g/mol. The highest BCUT2D eigenvalue weighted by Gasteiger charge is 2.25. The van der Waals surface area contributed by atoms with E-state index < -0.39 is 5.91 Å². The van der Waals surface area contributed by atoms with E-state index in [0.717, 1.165) is 12.8 Å². The van der Waals surface area contributed by atoms with Crippen molar-refractivity contribution in [2.45, 2.75) is 38.7 Å². The molecule has 0 saturated carbocycles. The van der Waals surface area contributed by atoms with Gasteiger partial charge in [0.15, 0.2) is 0 Å². The average Bonchev–Trinajstić information content (AvgIpc) is 2.60. The van der Waals surface area contributed by atoms with Gasteiger partial charge in [0, 0.05) is 25.2 Å². The van der Waals surface area contributed by atoms with Crippen LogP contribution in [-0.4, -0.2) is 53.5 Å². The fourth-order valence-electron chi connectivity index (χ4n) is 2.67. The second kappa shape index (κ2) is 9.00. The van der Waals surface area contributed by atoms with Crippen molar-refractivity contribution in [2.75, 3.05) is 19.7 Å². The van der Waals surface area contributed by atoms with Gasteiger partial charge < -0.3 is 20.1 Å². The van der Waals surface area contributed by atoms with Crippen molar-refractivity contribution in [3.05, 3.63) is 24.0 Å². The molecule has 1 aliphatic rings. The van der Waals surface area contributed by atoms with Gasteiger partial charge in [0.1, 0.15) is 17.5 Å². The number of hydrogen-bond acceptors (Lipinski definition) is 6. The van der Waals surface area contributed by atoms with E-state index in [1.165, 1.54) is 12.3 Å². The van der Waals surface area contributed by atoms with Crippen molar-refractivity contribution in [2.24, 2.45) is 5.73 Å². The van der Waals surface area contributed by atoms with Crippen LogP contribution in [0.1, 0.15) is 43.1 Å². The average molecular weight is 349 g/mol. The number of esters is 1. The van der Waals surface area contributed by atoms with E-state index >= 15 is 0 Å². The molecular formula is C17H23N3O5. The van der Waals surface area contributed by atoms with E-state index in [-0.39, 0.29) is 36.5 Å². The number of piperidine rings is 1. The Morgan fingerprint density at radius 2 is 2.16 bits per heavy atom. The number of hydrogen-bond donors (Lipinski definition) is 1. The Hall–Kier alpha value is -2.64. The highest BCUT2D eigenvalue weighted by Crippen LogP contribution is 2.19. The molecule has 0 spiro atoms. The first-order valence-corrected chi connectivity index (χ1v) is 8.35. The number of carbonyl (C=O) groups excluding carboxylic acids is 3. The van der Waals surface area contributed by atoms with Gasteiger partial charge in [-0.25, -0.2) is 0 Å². The first-order chi connectivity index (χ1) is 12.0. The number of carbonyl (C=O) groups is 3. The van der Waals surface area contributed by atoms with Crippen LogP contribution in [0.5, 0.6) is 5.75 Å². The van der Waals surface area contributed by atoms with Gasteiger partial charge in [-0.3, -0.25) is 19.4 Å². The van der Waals surface area contributed by atoms with Gasteiger partial charge in [0.05, 0.1) is 19.6 Å². The smallest absolute Gasteiger partial charge is 0.306 e. The van der Waals surface area contributed by atoms with E-state index in [1.807, 2.05) is 0 Å². The van der Waals surface area contributed by atoms with Crippen molar-refractivity contribution >= 4 is 17.8 Å². The Labute approximate surface area is 146 Å². The van der Waals surface area contributed by atoms with Crippen molar-refractivity contribution in [3.63, 3.8) is 0 Å². The second-order valence-corrected chi connectivity index (χ2v) is 5.77. The van der Waals surface area contributed by atoms with Gasteiger partial charge in [0.25, 0.3) is 5.91 Å². The molecule has 1 aliphatic heterocycles. The largest absolute Gasteiger partial charge is 0.488 e. The molecule has 2 N–H and O–H groups in total. The minimum atomic E-state index is -0.620. The predicted octanol–water partition coefficient (Wildman–Crippen LogP) is 0.894. The molecule has 0 aliphatic carbocycles. The van der Waals surface area contributed by atoms with Crippen LogP contribution >= 0.6 is 0 Å². The molecule has 0 bridgehead atoms. The molecule has 2 rings (SSSR count). The molecule has 1 aromatic rings. The zero-order valence-corrected chi connectivity index (χ0v) is 14.3. The first kappa shape index (κ1) is 18.7. The molecule has 8 nitrogen and oxygen atoms in total. The number of aromatic nitrogens is 1. The zero-order valence-electron chi connectivity index (χ0n) is 14.3. The summed E-state index contributed by atoms with van der Waals surface area (Å²) >= 11 is 0. The highest BCUT2D eigenvalue weighted by molar-refractivity contribution is 5.91. The Bertz CT molecular complexity index is 634. The van der Waals surface area contributed by atoms with Crippen LogP contribution in [0, 0.1) is 0 Å². The Kier molecular flexibility index (Phi) is 6.73. The summed E-state index contributed by atoms with van der Waals surface area (Å²) in [5.74, 6) is -0.579. The minimum absolute atomic E-state index is 0.0843. The van der Waals surface area contributed by atoms with Crippen molar-refractivity contribution in [3.8, 4) is 5.75 Å². The molecule has 0 radical (unpaired) electrons. The maximum absolute atomic E-state index is 12.2. The van der Waals surface area contributed by atoms with Gasteiger partial charge in [-0.15, -0.1) is 0 Å². The van der Waals surface area contributed by atoms with Crippen LogP contribution in [0.15, 0.2) is 18.3 Å². The molecule has 136 valence electrons. The van der Waals surface area contributed by atoms with Gasteiger partial charge in [-0.1, -0.05) is 0 Å². The minimum Gasteiger partial charge on any atom is -0.488 e. The van der Waals surface area contributed by atoms with E-state index in [2.05, 4.69) is 4.98 Å². The van der Waals surface area contributed by atoms with Crippen LogP contribution in [0.2, 0.25) is 0 Å². The molecule has 25 heavy (non-hydrogen) atoms. The maximum atomic E-state index is 12.2. The van der Waals surface area contributed by atoms with E-state index in [9.17, 15) is 14.4 Å². The predicted molar refractivity (Wildman–Crippen MR) is 88.9 cm³/mol. The van der Waals surface area contributed by atoms with E-state index in [1.54, 1.807) is 17.9 Å². The molecule has 1 fully saturated rings. The summed E-state index contributed by atoms with van der Waals surface area (Å²) in [6, 6.07) is 3.14. The van der Waals surface area contributed by atoms with Gasteiger partial charge >= 0.3 is 5.97 Å². The van der Waals surface area contributed by atoms with Crippen LogP contribution in [0.3, 0.4) is 0 Å². The Morgan fingerprint density at radius 3 is 2.88 bits per heavy atom. The van der Waals surface area contributed by atoms with E-state index in [0.29, 0.717) is 25.4 Å². The van der Waals surface area contributed by atoms with Crippen LogP contribution < -0.4 is 10.5 Å². The summed E-state index contributed by atoms with van der Waals surface area (Å²) in [6.45, 7) is 3.13. The molecule has 2 heterocycles. The molecule has 0 aromatic carbocycles. The molecule has 1 saturated heterocycles. The lowest BCUT2D eigenvalue weighted by Gasteiger charge is -2.33. The quantitative estimate of drug-likeness (QED) is 0.732. The van der Waals surface area contributed by atoms with Crippen molar-refractivity contribution < 1.29 is 23.9 Å². The number of rotatable bonds is 7. The number of primary amides is 1. The number of nitrogens with two attached hydrogens (primary N) is 1. The Balaban J connectivity index is 1.87. The topological polar surface area (TPSA) is 112 Å². The standard InChI is InChI=1S/C17H23N3O5/c1-2-24-16(22)6-5-15(21)20-9-3-4-13(11-20)25-12-7-8-19-14(10-12)17(18)23/h7-8,10,13H,2-6,9,11H2,1H3,(H2,18,23). The van der Waals surface area contributed by atoms with Gasteiger partial charge in [-0.05, 0) is 25.8 Å². The first-order valence-electron chi connectivity index (χ1n) is 8.35. The highest BCUT2D eigenvalue weighted by atomic mass is 16.5. The number of nitrogens with zero attached hydrogens (tertiary/aromatic N) is 2. The lowest BCUT2D eigenvalue weighted by molar-refractivity contribution is -0.146.